The SMILES string of the molecule is O=S(=O)(c1ccccn1)[C@@H]1O[C@H](COCc2ccccc2)[C@H](OCc2ccccc2)[C@H](OCc2ccccc2)[C@H]1OCc1ccccc1. The minimum Gasteiger partial charge on any atom is -0.374 e. The molecule has 0 N–H and O–H groups in total. The van der Waals surface area contributed by atoms with Gasteiger partial charge in [0.15, 0.2) is 10.5 Å². The molecular formula is C39H39NO7S. The topological polar surface area (TPSA) is 93.2 Å². The Morgan fingerprint density at radius 3 is 1.44 bits per heavy atom. The predicted octanol–water partition coefficient (Wildman–Crippen LogP) is 6.55. The molecule has 1 aliphatic heterocycles. The van der Waals surface area contributed by atoms with Gasteiger partial charge in [0, 0.05) is 6.20 Å². The van der Waals surface area contributed by atoms with Gasteiger partial charge in [0.1, 0.15) is 24.4 Å². The van der Waals surface area contributed by atoms with E-state index in [1.165, 1.54) is 12.3 Å². The Labute approximate surface area is 282 Å². The quantitative estimate of drug-likeness (QED) is 0.124. The molecule has 6 rings (SSSR count). The first-order valence-electron chi connectivity index (χ1n) is 16.0. The van der Waals surface area contributed by atoms with Crippen LogP contribution in [0.1, 0.15) is 22.3 Å². The highest BCUT2D eigenvalue weighted by molar-refractivity contribution is 7.91. The second kappa shape index (κ2) is 16.7. The second-order valence-corrected chi connectivity index (χ2v) is 13.5. The van der Waals surface area contributed by atoms with Crippen molar-refractivity contribution in [3.63, 3.8) is 0 Å². The number of benzene rings is 4. The van der Waals surface area contributed by atoms with Gasteiger partial charge in [-0.2, -0.15) is 0 Å². The summed E-state index contributed by atoms with van der Waals surface area (Å²) in [5.74, 6) is 0. The van der Waals surface area contributed by atoms with Crippen LogP contribution in [0.3, 0.4) is 0 Å². The molecule has 1 aromatic heterocycles. The Morgan fingerprint density at radius 1 is 0.521 bits per heavy atom. The largest absolute Gasteiger partial charge is 0.374 e. The van der Waals surface area contributed by atoms with Gasteiger partial charge in [0.25, 0.3) is 0 Å². The van der Waals surface area contributed by atoms with Crippen molar-refractivity contribution in [2.45, 2.75) is 61.3 Å². The fourth-order valence-corrected chi connectivity index (χ4v) is 7.22. The van der Waals surface area contributed by atoms with E-state index in [0.717, 1.165) is 22.3 Å². The molecule has 4 aromatic carbocycles. The fourth-order valence-electron chi connectivity index (χ4n) is 5.63. The van der Waals surface area contributed by atoms with Crippen LogP contribution in [0.5, 0.6) is 0 Å². The summed E-state index contributed by atoms with van der Waals surface area (Å²) < 4.78 is 61.2. The first-order valence-corrected chi connectivity index (χ1v) is 17.5. The van der Waals surface area contributed by atoms with Crippen LogP contribution in [0, 0.1) is 0 Å². The third kappa shape index (κ3) is 8.82. The van der Waals surface area contributed by atoms with Crippen molar-refractivity contribution in [1.82, 2.24) is 4.98 Å². The van der Waals surface area contributed by atoms with Crippen molar-refractivity contribution in [3.05, 3.63) is 168 Å². The maximum absolute atomic E-state index is 14.4. The molecule has 5 atom stereocenters. The molecule has 0 saturated carbocycles. The maximum atomic E-state index is 14.4. The molecule has 0 aliphatic carbocycles. The Kier molecular flexibility index (Phi) is 11.7. The molecule has 0 amide bonds. The lowest BCUT2D eigenvalue weighted by Crippen LogP contribution is -2.63. The van der Waals surface area contributed by atoms with E-state index >= 15 is 0 Å². The van der Waals surface area contributed by atoms with Crippen LogP contribution in [0.15, 0.2) is 151 Å². The first-order chi connectivity index (χ1) is 23.6. The lowest BCUT2D eigenvalue weighted by molar-refractivity contribution is -0.256. The van der Waals surface area contributed by atoms with Crippen LogP contribution in [-0.4, -0.2) is 49.9 Å². The molecule has 0 unspecified atom stereocenters. The number of pyridine rings is 1. The van der Waals surface area contributed by atoms with Crippen molar-refractivity contribution in [3.8, 4) is 0 Å². The number of nitrogens with zero attached hydrogens (tertiary/aromatic N) is 1. The zero-order chi connectivity index (χ0) is 33.0. The van der Waals surface area contributed by atoms with E-state index < -0.39 is 39.7 Å². The molecule has 0 spiro atoms. The van der Waals surface area contributed by atoms with Crippen molar-refractivity contribution < 1.29 is 32.1 Å². The van der Waals surface area contributed by atoms with Gasteiger partial charge < -0.3 is 23.7 Å². The number of aromatic nitrogens is 1. The van der Waals surface area contributed by atoms with Crippen LogP contribution in [-0.2, 0) is 59.9 Å². The number of hydrogen-bond donors (Lipinski definition) is 0. The van der Waals surface area contributed by atoms with E-state index in [2.05, 4.69) is 4.98 Å². The third-order valence-electron chi connectivity index (χ3n) is 8.08. The van der Waals surface area contributed by atoms with E-state index in [-0.39, 0.29) is 31.5 Å². The summed E-state index contributed by atoms with van der Waals surface area (Å²) in [6.07, 6.45) is -2.06. The Hall–Kier alpha value is -4.22. The van der Waals surface area contributed by atoms with Crippen LogP contribution in [0.2, 0.25) is 0 Å². The lowest BCUT2D eigenvalue weighted by atomic mass is 9.98. The first kappa shape index (κ1) is 33.7. The van der Waals surface area contributed by atoms with E-state index in [4.69, 9.17) is 23.7 Å². The third-order valence-corrected chi connectivity index (χ3v) is 9.89. The summed E-state index contributed by atoms with van der Waals surface area (Å²) in [7, 11) is -4.18. The minimum atomic E-state index is -4.18. The molecular weight excluding hydrogens is 626 g/mol. The van der Waals surface area contributed by atoms with E-state index in [1.54, 1.807) is 12.1 Å². The Morgan fingerprint density at radius 2 is 0.958 bits per heavy atom. The molecule has 5 aromatic rings. The molecule has 0 radical (unpaired) electrons. The second-order valence-electron chi connectivity index (χ2n) is 11.5. The lowest BCUT2D eigenvalue weighted by Gasteiger charge is -2.45. The molecule has 9 heteroatoms. The van der Waals surface area contributed by atoms with Gasteiger partial charge in [0.2, 0.25) is 9.84 Å². The average Bonchev–Trinajstić information content (AvgIpc) is 3.14. The van der Waals surface area contributed by atoms with Gasteiger partial charge in [-0.25, -0.2) is 13.4 Å². The fraction of sp³-hybridized carbons (Fsp3) is 0.256. The minimum absolute atomic E-state index is 0.0548. The number of rotatable bonds is 15. The van der Waals surface area contributed by atoms with Gasteiger partial charge in [0.05, 0.1) is 33.0 Å². The monoisotopic (exact) mass is 665 g/mol. The molecule has 48 heavy (non-hydrogen) atoms. The van der Waals surface area contributed by atoms with Crippen molar-refractivity contribution >= 4 is 9.84 Å². The Bertz CT molecular complexity index is 1760. The van der Waals surface area contributed by atoms with Gasteiger partial charge in [-0.05, 0) is 34.4 Å². The highest BCUT2D eigenvalue weighted by atomic mass is 32.2. The van der Waals surface area contributed by atoms with E-state index in [0.29, 0.717) is 6.61 Å². The molecule has 8 nitrogen and oxygen atoms in total. The number of sulfone groups is 1. The van der Waals surface area contributed by atoms with Crippen molar-refractivity contribution in [2.75, 3.05) is 6.61 Å². The molecule has 0 bridgehead atoms. The molecule has 248 valence electrons. The van der Waals surface area contributed by atoms with Crippen LogP contribution in [0.25, 0.3) is 0 Å². The summed E-state index contributed by atoms with van der Waals surface area (Å²) in [6.45, 7) is 0.954. The van der Waals surface area contributed by atoms with E-state index in [9.17, 15) is 8.42 Å². The molecule has 1 aliphatic rings. The van der Waals surface area contributed by atoms with Crippen molar-refractivity contribution in [1.29, 1.82) is 0 Å². The van der Waals surface area contributed by atoms with Gasteiger partial charge in [-0.15, -0.1) is 0 Å². The Balaban J connectivity index is 1.37. The zero-order valence-corrected chi connectivity index (χ0v) is 27.3. The van der Waals surface area contributed by atoms with Crippen LogP contribution in [0.4, 0.5) is 0 Å². The summed E-state index contributed by atoms with van der Waals surface area (Å²) >= 11 is 0. The summed E-state index contributed by atoms with van der Waals surface area (Å²) in [4.78, 5) is 4.19. The standard InChI is InChI=1S/C39H39NO7S/c41-48(42,35-23-13-14-24-40-35)39-38(46-28-33-21-11-4-12-22-33)37(45-27-32-19-9-3-10-20-32)36(44-26-31-17-7-2-8-18-31)34(47-39)29-43-25-30-15-5-1-6-16-30/h1-24,34,36-39H,25-29H2/t34-,36+,37+,38-,39+/m1/s1. The van der Waals surface area contributed by atoms with Crippen LogP contribution < -0.4 is 0 Å². The van der Waals surface area contributed by atoms with Gasteiger partial charge >= 0.3 is 0 Å². The molecule has 2 heterocycles. The van der Waals surface area contributed by atoms with Crippen LogP contribution >= 0.6 is 0 Å². The van der Waals surface area contributed by atoms with Gasteiger partial charge in [-0.1, -0.05) is 127 Å². The smallest absolute Gasteiger partial charge is 0.225 e. The highest BCUT2D eigenvalue weighted by Crippen LogP contribution is 2.35. The number of hydrogen-bond acceptors (Lipinski definition) is 8. The van der Waals surface area contributed by atoms with Gasteiger partial charge in [-0.3, -0.25) is 0 Å². The highest BCUT2D eigenvalue weighted by Gasteiger charge is 2.53. The molecule has 1 saturated heterocycles. The average molecular weight is 666 g/mol. The zero-order valence-electron chi connectivity index (χ0n) is 26.5. The normalized spacial score (nSPS) is 21.1. The maximum Gasteiger partial charge on any atom is 0.225 e. The summed E-state index contributed by atoms with van der Waals surface area (Å²) in [5, 5.41) is -0.113. The number of ether oxygens (including phenoxy) is 5. The summed E-state index contributed by atoms with van der Waals surface area (Å²) in [5.41, 5.74) is 2.28. The summed E-state index contributed by atoms with van der Waals surface area (Å²) in [6, 6.07) is 43.6. The predicted molar refractivity (Wildman–Crippen MR) is 181 cm³/mol. The van der Waals surface area contributed by atoms with E-state index in [1.807, 2.05) is 121 Å². The molecule has 1 fully saturated rings. The van der Waals surface area contributed by atoms with Crippen molar-refractivity contribution in [2.24, 2.45) is 0 Å².